The summed E-state index contributed by atoms with van der Waals surface area (Å²) in [6, 6.07) is 81.4. The van der Waals surface area contributed by atoms with E-state index in [4.69, 9.17) is 116 Å². The number of halogens is 10. The van der Waals surface area contributed by atoms with Gasteiger partial charge >= 0.3 is 0 Å². The Kier molecular flexibility index (Phi) is 21.4. The van der Waals surface area contributed by atoms with E-state index in [1.807, 2.05) is 121 Å². The first kappa shape index (κ1) is 70.3. The van der Waals surface area contributed by atoms with Crippen molar-refractivity contribution in [3.63, 3.8) is 0 Å². The Labute approximate surface area is 670 Å². The third-order valence-electron chi connectivity index (χ3n) is 16.0. The molecule has 0 saturated heterocycles. The van der Waals surface area contributed by atoms with Crippen LogP contribution in [0.5, 0.6) is 0 Å². The first-order valence-electron chi connectivity index (χ1n) is 30.4. The van der Waals surface area contributed by atoms with Crippen molar-refractivity contribution in [3.05, 3.63) is 293 Å². The van der Waals surface area contributed by atoms with E-state index in [-0.39, 0.29) is 0 Å². The molecule has 20 heteroatoms. The van der Waals surface area contributed by atoms with Crippen molar-refractivity contribution in [2.45, 2.75) is 97.9 Å². The number of rotatable bonds is 20. The second-order valence-corrected chi connectivity index (χ2v) is 37.8. The molecular formula is C80H40Cl10S10. The second-order valence-electron chi connectivity index (χ2n) is 22.6. The average Bonchev–Trinajstić information content (AvgIpc) is 1.48. The molecule has 0 N–H and O–H groups in total. The normalized spacial score (nSPS) is 11.9. The molecule has 0 spiro atoms. The molecule has 0 saturated carbocycles. The Bertz CT molecular complexity index is 4720. The fourth-order valence-corrected chi connectivity index (χ4v) is 26.9. The Balaban J connectivity index is 1.26. The summed E-state index contributed by atoms with van der Waals surface area (Å²) < 4.78 is 0. The van der Waals surface area contributed by atoms with Crippen LogP contribution in [0.3, 0.4) is 0 Å². The number of benzene rings is 15. The molecule has 0 aromatic heterocycles. The standard InChI is InChI=1S/C80H40Cl10S10/c81-41-11-1-21-51(31-41)91-71-66-61-62-64-65-63(61)68(75(95-55-25-5-15-45(85)35-55)73(66)93-53-23-3-13-43(83)33-53)77(97-57-27-7-17-47(87)37-57)79(99-59-29-9-19-49(89)39-59)70(65)80(100-60-30-10-20-50(90)40-60)78(98-58-28-8-18-48(88)38-58)69(64)76(96-56-26-6-16-46(86)36-56)74(94-54-24-4-14-44(84)34-54)67(62)72(71)92-52-22-2-12-42(82)32-52/h1-40H. The van der Waals surface area contributed by atoms with Gasteiger partial charge in [0.05, 0.1) is 0 Å². The van der Waals surface area contributed by atoms with Crippen molar-refractivity contribution in [2.24, 2.45) is 0 Å². The van der Waals surface area contributed by atoms with Crippen molar-refractivity contribution in [1.29, 1.82) is 0 Å². The molecule has 16 rings (SSSR count). The van der Waals surface area contributed by atoms with Crippen molar-refractivity contribution in [2.75, 3.05) is 0 Å². The summed E-state index contributed by atoms with van der Waals surface area (Å²) >= 11 is 88.6. The third-order valence-corrected chi connectivity index (χ3v) is 30.0. The Morgan fingerprint density at radius 1 is 0.130 bits per heavy atom. The largest absolute Gasteiger partial charge is 0.0881 e. The van der Waals surface area contributed by atoms with Crippen LogP contribution in [0.1, 0.15) is 0 Å². The van der Waals surface area contributed by atoms with Gasteiger partial charge in [0, 0.05) is 202 Å². The summed E-state index contributed by atoms with van der Waals surface area (Å²) in [4.78, 5) is 19.4. The van der Waals surface area contributed by atoms with Gasteiger partial charge in [0.25, 0.3) is 0 Å². The predicted molar refractivity (Wildman–Crippen MR) is 443 cm³/mol. The van der Waals surface area contributed by atoms with Crippen LogP contribution in [0, 0.1) is 0 Å². The number of hydrogen-bond acceptors (Lipinski definition) is 10. The van der Waals surface area contributed by atoms with Crippen molar-refractivity contribution in [3.8, 4) is 0 Å². The van der Waals surface area contributed by atoms with Gasteiger partial charge in [-0.15, -0.1) is 0 Å². The minimum Gasteiger partial charge on any atom is -0.0881 e. The quantitative estimate of drug-likeness (QED) is 0.0674. The monoisotopic (exact) mass is 1670 g/mol. The minimum atomic E-state index is 0.606. The molecule has 16 aromatic carbocycles. The zero-order chi connectivity index (χ0) is 68.4. The molecule has 0 amide bonds. The fourth-order valence-electron chi connectivity index (χ4n) is 12.1. The maximum absolute atomic E-state index is 7.16. The smallest absolute Gasteiger partial charge is 0.0417 e. The molecule has 0 atom stereocenters. The summed E-state index contributed by atoms with van der Waals surface area (Å²) in [6.07, 6.45) is 0. The molecule has 0 radical (unpaired) electrons. The lowest BCUT2D eigenvalue weighted by Gasteiger charge is -2.25. The van der Waals surface area contributed by atoms with Crippen LogP contribution in [-0.2, 0) is 0 Å². The van der Waals surface area contributed by atoms with Crippen LogP contribution in [0.15, 0.2) is 341 Å². The van der Waals surface area contributed by atoms with Crippen LogP contribution in [-0.4, -0.2) is 0 Å². The van der Waals surface area contributed by atoms with Gasteiger partial charge in [0.15, 0.2) is 0 Å². The molecule has 0 aliphatic rings. The van der Waals surface area contributed by atoms with Crippen molar-refractivity contribution in [1.82, 2.24) is 0 Å². The van der Waals surface area contributed by atoms with E-state index in [9.17, 15) is 0 Å². The van der Waals surface area contributed by atoms with E-state index in [1.54, 1.807) is 118 Å². The lowest BCUT2D eigenvalue weighted by Crippen LogP contribution is -1.96. The van der Waals surface area contributed by atoms with Crippen LogP contribution < -0.4 is 0 Å². The van der Waals surface area contributed by atoms with Gasteiger partial charge in [-0.1, -0.05) is 294 Å². The molecule has 0 fully saturated rings. The lowest BCUT2D eigenvalue weighted by atomic mass is 9.99. The molecule has 100 heavy (non-hydrogen) atoms. The van der Waals surface area contributed by atoms with Crippen molar-refractivity contribution < 1.29 is 0 Å². The second kappa shape index (κ2) is 30.5. The van der Waals surface area contributed by atoms with Crippen LogP contribution in [0.25, 0.3) is 53.9 Å². The van der Waals surface area contributed by atoms with Crippen molar-refractivity contribution >= 4 is 287 Å². The van der Waals surface area contributed by atoms with E-state index in [0.717, 1.165) is 152 Å². The van der Waals surface area contributed by atoms with Gasteiger partial charge in [-0.3, -0.25) is 0 Å². The predicted octanol–water partition coefficient (Wildman–Crippen LogP) is 33.8. The molecule has 0 nitrogen and oxygen atoms in total. The maximum Gasteiger partial charge on any atom is 0.0417 e. The maximum atomic E-state index is 7.16. The SMILES string of the molecule is Clc1cccc(Sc2c(Sc3cccc(Cl)c3)c3c(Sc4cccc(Cl)c4)c(Sc4cccc(Cl)c4)c4c(Sc5cccc(Cl)c5)c(Sc5cccc(Cl)c5)c5c(Sc6cccc(Cl)c6)c(Sc6cccc(Cl)c6)c6c(Sc7cccc(Cl)c7)c(Sc7cccc(Cl)c7)c2c2c3c4c5c62)c1. The van der Waals surface area contributed by atoms with E-state index in [0.29, 0.717) is 50.2 Å². The molecule has 16 aromatic rings. The molecule has 0 bridgehead atoms. The summed E-state index contributed by atoms with van der Waals surface area (Å²) in [5.41, 5.74) is 0. The zero-order valence-electron chi connectivity index (χ0n) is 51.0. The molecule has 490 valence electrons. The van der Waals surface area contributed by atoms with E-state index < -0.39 is 0 Å². The molecule has 0 heterocycles. The zero-order valence-corrected chi connectivity index (χ0v) is 66.7. The molecular weight excluding hydrogens is 1640 g/mol. The lowest BCUT2D eigenvalue weighted by molar-refractivity contribution is 1.21. The van der Waals surface area contributed by atoms with Gasteiger partial charge in [0.2, 0.25) is 0 Å². The molecule has 0 aliphatic heterocycles. The topological polar surface area (TPSA) is 0 Å². The van der Waals surface area contributed by atoms with Gasteiger partial charge in [-0.05, 0) is 182 Å². The summed E-state index contributed by atoms with van der Waals surface area (Å²) in [5.74, 6) is 0. The summed E-state index contributed by atoms with van der Waals surface area (Å²) in [5, 5.41) is 16.7. The van der Waals surface area contributed by atoms with Gasteiger partial charge in [0.1, 0.15) is 0 Å². The average molecular weight is 1680 g/mol. The highest BCUT2D eigenvalue weighted by atomic mass is 35.5. The van der Waals surface area contributed by atoms with Crippen LogP contribution in [0.2, 0.25) is 50.2 Å². The Morgan fingerprint density at radius 2 is 0.230 bits per heavy atom. The van der Waals surface area contributed by atoms with E-state index >= 15 is 0 Å². The third kappa shape index (κ3) is 14.6. The first-order chi connectivity index (χ1) is 48.6. The first-order valence-corrected chi connectivity index (χ1v) is 42.4. The van der Waals surface area contributed by atoms with Crippen LogP contribution in [0.4, 0.5) is 0 Å². The Morgan fingerprint density at radius 3 is 0.320 bits per heavy atom. The fraction of sp³-hybridized carbons (Fsp3) is 0. The minimum absolute atomic E-state index is 0.606. The molecule has 0 aliphatic carbocycles. The highest BCUT2D eigenvalue weighted by molar-refractivity contribution is 8.05. The van der Waals surface area contributed by atoms with E-state index in [1.165, 1.54) is 0 Å². The summed E-state index contributed by atoms with van der Waals surface area (Å²) in [7, 11) is 0. The van der Waals surface area contributed by atoms with Gasteiger partial charge < -0.3 is 0 Å². The Hall–Kier alpha value is -4.00. The highest BCUT2D eigenvalue weighted by Crippen LogP contribution is 2.69. The van der Waals surface area contributed by atoms with Crippen LogP contribution >= 0.6 is 234 Å². The molecule has 0 unspecified atom stereocenters. The number of hydrogen-bond donors (Lipinski definition) is 0. The van der Waals surface area contributed by atoms with Gasteiger partial charge in [-0.2, -0.15) is 0 Å². The summed E-state index contributed by atoms with van der Waals surface area (Å²) in [6.45, 7) is 0. The van der Waals surface area contributed by atoms with Gasteiger partial charge in [-0.25, -0.2) is 0 Å². The highest BCUT2D eigenvalue weighted by Gasteiger charge is 2.39. The van der Waals surface area contributed by atoms with E-state index in [2.05, 4.69) is 121 Å².